The maximum Gasteiger partial charge on any atom is 0.284 e. The van der Waals surface area contributed by atoms with Crippen LogP contribution in [0.3, 0.4) is 0 Å². The molecule has 1 aliphatic heterocycles. The molecule has 0 aliphatic carbocycles. The topological polar surface area (TPSA) is 73.1 Å². The third-order valence-corrected chi connectivity index (χ3v) is 5.10. The number of halogens is 3. The summed E-state index contributed by atoms with van der Waals surface area (Å²) in [7, 11) is 0. The second kappa shape index (κ2) is 8.37. The Morgan fingerprint density at radius 2 is 1.79 bits per heavy atom. The summed E-state index contributed by atoms with van der Waals surface area (Å²) in [5, 5.41) is 5.02. The van der Waals surface area contributed by atoms with Crippen LogP contribution in [0.25, 0.3) is 11.3 Å². The van der Waals surface area contributed by atoms with E-state index < -0.39 is 12.0 Å². The summed E-state index contributed by atoms with van der Waals surface area (Å²) in [5.74, 6) is 1.58. The van der Waals surface area contributed by atoms with Crippen molar-refractivity contribution in [2.45, 2.75) is 6.10 Å². The van der Waals surface area contributed by atoms with Crippen molar-refractivity contribution >= 4 is 46.9 Å². The molecule has 6 nitrogen and oxygen atoms in total. The molecule has 1 aromatic heterocycles. The molecule has 1 unspecified atom stereocenters. The number of nitrogens with one attached hydrogen (secondary N) is 1. The highest BCUT2D eigenvalue weighted by molar-refractivity contribution is 6.44. The number of fused-ring (bicyclic) bond motifs is 1. The summed E-state index contributed by atoms with van der Waals surface area (Å²) >= 11 is 18.2. The van der Waals surface area contributed by atoms with Crippen molar-refractivity contribution in [2.24, 2.45) is 5.10 Å². The Balaban J connectivity index is 1.40. The van der Waals surface area contributed by atoms with Gasteiger partial charge < -0.3 is 13.9 Å². The van der Waals surface area contributed by atoms with Gasteiger partial charge >= 0.3 is 0 Å². The lowest BCUT2D eigenvalue weighted by Crippen LogP contribution is -2.42. The monoisotopic (exact) mass is 450 g/mol. The molecule has 0 saturated carbocycles. The summed E-state index contributed by atoms with van der Waals surface area (Å²) in [6.45, 7) is 0.0963. The molecule has 0 spiro atoms. The number of carbonyl (C=O) groups is 1. The quantitative estimate of drug-likeness (QED) is 0.336. The van der Waals surface area contributed by atoms with Crippen molar-refractivity contribution in [1.82, 2.24) is 5.43 Å². The fourth-order valence-corrected chi connectivity index (χ4v) is 3.30. The number of amides is 1. The second-order valence-corrected chi connectivity index (χ2v) is 7.27. The Hall–Kier alpha value is -2.67. The number of nitrogens with zero attached hydrogens (tertiary/aromatic N) is 1. The molecule has 4 rings (SSSR count). The van der Waals surface area contributed by atoms with Gasteiger partial charge in [-0.15, -0.1) is 0 Å². The zero-order valence-corrected chi connectivity index (χ0v) is 17.0. The molecular formula is C20H13Cl3N2O4. The largest absolute Gasteiger partial charge is 0.485 e. The number of hydrogen-bond acceptors (Lipinski definition) is 5. The Labute approximate surface area is 181 Å². The lowest BCUT2D eigenvalue weighted by atomic mass is 10.2. The Bertz CT molecular complexity index is 1100. The van der Waals surface area contributed by atoms with Crippen LogP contribution in [0.1, 0.15) is 5.76 Å². The van der Waals surface area contributed by atoms with Gasteiger partial charge in [0.2, 0.25) is 6.10 Å². The molecule has 0 bridgehead atoms. The van der Waals surface area contributed by atoms with Crippen molar-refractivity contribution in [2.75, 3.05) is 6.61 Å². The van der Waals surface area contributed by atoms with Crippen LogP contribution in [0, 0.1) is 0 Å². The van der Waals surface area contributed by atoms with Crippen LogP contribution >= 0.6 is 34.8 Å². The van der Waals surface area contributed by atoms with E-state index >= 15 is 0 Å². The highest BCUT2D eigenvalue weighted by Crippen LogP contribution is 2.36. The SMILES string of the molecule is O=C(N/N=C/c1ccc(-c2cc(Cl)c(Cl)cc2Cl)o1)C1COc2ccccc2O1. The summed E-state index contributed by atoms with van der Waals surface area (Å²) in [4.78, 5) is 12.2. The van der Waals surface area contributed by atoms with E-state index in [0.29, 0.717) is 43.7 Å². The van der Waals surface area contributed by atoms with E-state index in [2.05, 4.69) is 10.5 Å². The number of ether oxygens (including phenoxy) is 2. The van der Waals surface area contributed by atoms with Gasteiger partial charge in [0.1, 0.15) is 18.1 Å². The van der Waals surface area contributed by atoms with Crippen molar-refractivity contribution in [3.8, 4) is 22.8 Å². The molecule has 1 amide bonds. The van der Waals surface area contributed by atoms with Gasteiger partial charge in [0.05, 0.1) is 21.3 Å². The molecule has 9 heteroatoms. The summed E-state index contributed by atoms with van der Waals surface area (Å²) in [5.41, 5.74) is 3.00. The number of hydrogen-bond donors (Lipinski definition) is 1. The number of rotatable bonds is 4. The third kappa shape index (κ3) is 4.34. The number of carbonyl (C=O) groups excluding carboxylic acids is 1. The molecule has 2 aromatic carbocycles. The lowest BCUT2D eigenvalue weighted by Gasteiger charge is -2.24. The Kier molecular flexibility index (Phi) is 5.67. The molecule has 0 radical (unpaired) electrons. The minimum absolute atomic E-state index is 0.0963. The molecular weight excluding hydrogens is 439 g/mol. The van der Waals surface area contributed by atoms with Gasteiger partial charge in [0.25, 0.3) is 5.91 Å². The first-order valence-corrected chi connectivity index (χ1v) is 9.61. The average molecular weight is 452 g/mol. The van der Waals surface area contributed by atoms with E-state index in [0.717, 1.165) is 0 Å². The second-order valence-electron chi connectivity index (χ2n) is 6.05. The van der Waals surface area contributed by atoms with E-state index in [1.54, 1.807) is 42.5 Å². The fourth-order valence-electron chi connectivity index (χ4n) is 2.66. The lowest BCUT2D eigenvalue weighted by molar-refractivity contribution is -0.130. The van der Waals surface area contributed by atoms with E-state index in [1.807, 2.05) is 6.07 Å². The van der Waals surface area contributed by atoms with Gasteiger partial charge in [0, 0.05) is 5.56 Å². The Morgan fingerprint density at radius 1 is 1.03 bits per heavy atom. The zero-order chi connectivity index (χ0) is 20.4. The van der Waals surface area contributed by atoms with Gasteiger partial charge in [-0.25, -0.2) is 5.43 Å². The standard InChI is InChI=1S/C20H13Cl3N2O4/c21-13-8-15(23)14(22)7-12(13)16-6-5-11(28-16)9-24-25-20(26)19-10-27-17-3-1-2-4-18(17)29-19/h1-9,19H,10H2,(H,25,26)/b24-9+. The van der Waals surface area contributed by atoms with Crippen molar-refractivity contribution in [3.63, 3.8) is 0 Å². The number of benzene rings is 2. The predicted molar refractivity (Wildman–Crippen MR) is 111 cm³/mol. The minimum Gasteiger partial charge on any atom is -0.485 e. The van der Waals surface area contributed by atoms with Crippen molar-refractivity contribution < 1.29 is 18.7 Å². The summed E-state index contributed by atoms with van der Waals surface area (Å²) in [6.07, 6.45) is 0.564. The molecule has 1 N–H and O–H groups in total. The minimum atomic E-state index is -0.802. The molecule has 0 saturated heterocycles. The molecule has 2 heterocycles. The third-order valence-electron chi connectivity index (χ3n) is 4.07. The van der Waals surface area contributed by atoms with E-state index in [1.165, 1.54) is 6.21 Å². The smallest absolute Gasteiger partial charge is 0.284 e. The van der Waals surface area contributed by atoms with Crippen LogP contribution in [0.5, 0.6) is 11.5 Å². The number of hydrazone groups is 1. The van der Waals surface area contributed by atoms with Gasteiger partial charge in [-0.05, 0) is 36.4 Å². The van der Waals surface area contributed by atoms with Crippen LogP contribution in [0.4, 0.5) is 0 Å². The van der Waals surface area contributed by atoms with Gasteiger partial charge in [-0.1, -0.05) is 46.9 Å². The fraction of sp³-hybridized carbons (Fsp3) is 0.100. The maximum absolute atomic E-state index is 12.2. The molecule has 29 heavy (non-hydrogen) atoms. The first-order valence-electron chi connectivity index (χ1n) is 8.47. The van der Waals surface area contributed by atoms with Crippen LogP contribution in [-0.4, -0.2) is 24.8 Å². The van der Waals surface area contributed by atoms with Crippen LogP contribution in [0.2, 0.25) is 15.1 Å². The van der Waals surface area contributed by atoms with Crippen LogP contribution in [0.15, 0.2) is 58.0 Å². The Morgan fingerprint density at radius 3 is 2.62 bits per heavy atom. The maximum atomic E-state index is 12.2. The molecule has 1 atom stereocenters. The number of para-hydroxylation sites is 2. The van der Waals surface area contributed by atoms with Crippen molar-refractivity contribution in [1.29, 1.82) is 0 Å². The normalized spacial score (nSPS) is 15.5. The highest BCUT2D eigenvalue weighted by atomic mass is 35.5. The molecule has 148 valence electrons. The number of furan rings is 1. The molecule has 0 fully saturated rings. The zero-order valence-electron chi connectivity index (χ0n) is 14.7. The summed E-state index contributed by atoms with van der Waals surface area (Å²) < 4.78 is 16.8. The van der Waals surface area contributed by atoms with Crippen LogP contribution < -0.4 is 14.9 Å². The summed E-state index contributed by atoms with van der Waals surface area (Å²) in [6, 6.07) is 13.7. The first kappa shape index (κ1) is 19.6. The van der Waals surface area contributed by atoms with Gasteiger partial charge in [0.15, 0.2) is 11.5 Å². The highest BCUT2D eigenvalue weighted by Gasteiger charge is 2.27. The van der Waals surface area contributed by atoms with E-state index in [4.69, 9.17) is 48.7 Å². The molecule has 1 aliphatic rings. The van der Waals surface area contributed by atoms with E-state index in [-0.39, 0.29) is 6.61 Å². The first-order chi connectivity index (χ1) is 14.0. The van der Waals surface area contributed by atoms with Crippen LogP contribution in [-0.2, 0) is 4.79 Å². The van der Waals surface area contributed by atoms with Crippen molar-refractivity contribution in [3.05, 3.63) is 69.4 Å². The predicted octanol–water partition coefficient (Wildman–Crippen LogP) is 5.20. The van der Waals surface area contributed by atoms with E-state index in [9.17, 15) is 4.79 Å². The van der Waals surface area contributed by atoms with Gasteiger partial charge in [-0.2, -0.15) is 5.10 Å². The van der Waals surface area contributed by atoms with Gasteiger partial charge in [-0.3, -0.25) is 4.79 Å². The average Bonchev–Trinajstić information content (AvgIpc) is 3.19. The molecule has 3 aromatic rings.